The average Bonchev–Trinajstić information content (AvgIpc) is 3.21. The molecule has 0 saturated heterocycles. The fourth-order valence-electron chi connectivity index (χ4n) is 3.50. The Morgan fingerprint density at radius 2 is 1.97 bits per heavy atom. The number of hydrogen-bond acceptors (Lipinski definition) is 6. The van der Waals surface area contributed by atoms with Gasteiger partial charge in [-0.25, -0.2) is 4.68 Å². The Morgan fingerprint density at radius 3 is 2.69 bits per heavy atom. The molecule has 0 bridgehead atoms. The Balaban J connectivity index is 1.72. The number of nitrogens with zero attached hydrogens (tertiary/aromatic N) is 3. The predicted molar refractivity (Wildman–Crippen MR) is 109 cm³/mol. The summed E-state index contributed by atoms with van der Waals surface area (Å²) in [6.07, 6.45) is 1.46. The number of carbonyl (C=O) groups excluding carboxylic acids is 1. The summed E-state index contributed by atoms with van der Waals surface area (Å²) in [5.41, 5.74) is 1.99. The summed E-state index contributed by atoms with van der Waals surface area (Å²) < 4.78 is 12.4. The average molecular weight is 391 g/mol. The minimum atomic E-state index is -0.623. The molecule has 2 atom stereocenters. The molecule has 4 rings (SSSR count). The lowest BCUT2D eigenvalue weighted by Crippen LogP contribution is -2.39. The zero-order valence-corrected chi connectivity index (χ0v) is 16.1. The lowest BCUT2D eigenvalue weighted by molar-refractivity contribution is -0.119. The molecule has 0 spiro atoms. The van der Waals surface area contributed by atoms with Crippen LogP contribution in [0.15, 0.2) is 67.1 Å². The molecular formula is C21H21N5O3. The number of amides is 1. The number of methoxy groups -OCH3 is 2. The van der Waals surface area contributed by atoms with Gasteiger partial charge in [-0.05, 0) is 17.7 Å². The summed E-state index contributed by atoms with van der Waals surface area (Å²) in [4.78, 5) is 17.6. The van der Waals surface area contributed by atoms with E-state index in [-0.39, 0.29) is 11.9 Å². The Labute approximate surface area is 168 Å². The standard InChI is InChI=1S/C21H21N5O3/c1-13-18(20(27)25-16-11-15(28-2)9-10-17(16)29-3)19(14-7-5-4-6-8-14)26-21(24-13)22-12-23-26/h4-12,18-19H,1H2,2-3H3,(H,25,27)(H,22,23,24)/t18-,19+/m1/s1. The van der Waals surface area contributed by atoms with E-state index in [2.05, 4.69) is 27.3 Å². The van der Waals surface area contributed by atoms with E-state index < -0.39 is 5.92 Å². The highest BCUT2D eigenvalue weighted by Crippen LogP contribution is 2.38. The van der Waals surface area contributed by atoms with Crippen LogP contribution in [0.1, 0.15) is 11.6 Å². The summed E-state index contributed by atoms with van der Waals surface area (Å²) >= 11 is 0. The van der Waals surface area contributed by atoms with E-state index in [0.29, 0.717) is 28.8 Å². The first-order chi connectivity index (χ1) is 14.1. The van der Waals surface area contributed by atoms with Crippen molar-refractivity contribution in [1.29, 1.82) is 0 Å². The minimum absolute atomic E-state index is 0.246. The second-order valence-electron chi connectivity index (χ2n) is 6.57. The minimum Gasteiger partial charge on any atom is -0.497 e. The zero-order valence-electron chi connectivity index (χ0n) is 16.1. The van der Waals surface area contributed by atoms with E-state index in [1.807, 2.05) is 30.3 Å². The van der Waals surface area contributed by atoms with Crippen LogP contribution < -0.4 is 20.1 Å². The number of anilines is 2. The summed E-state index contributed by atoms with van der Waals surface area (Å²) in [6.45, 7) is 4.08. The molecule has 1 aromatic heterocycles. The van der Waals surface area contributed by atoms with Crippen LogP contribution in [0.25, 0.3) is 0 Å². The van der Waals surface area contributed by atoms with Gasteiger partial charge < -0.3 is 20.1 Å². The van der Waals surface area contributed by atoms with Crippen molar-refractivity contribution in [2.24, 2.45) is 5.92 Å². The van der Waals surface area contributed by atoms with Crippen LogP contribution in [-0.4, -0.2) is 34.9 Å². The molecule has 8 heteroatoms. The van der Waals surface area contributed by atoms with Crippen molar-refractivity contribution in [1.82, 2.24) is 14.8 Å². The first-order valence-electron chi connectivity index (χ1n) is 9.05. The second kappa shape index (κ2) is 7.67. The number of carbonyl (C=O) groups is 1. The van der Waals surface area contributed by atoms with E-state index >= 15 is 0 Å². The number of nitrogens with one attached hydrogen (secondary N) is 2. The molecule has 0 radical (unpaired) electrons. The highest BCUT2D eigenvalue weighted by atomic mass is 16.5. The third kappa shape index (κ3) is 3.40. The highest BCUT2D eigenvalue weighted by Gasteiger charge is 2.39. The van der Waals surface area contributed by atoms with Crippen molar-refractivity contribution >= 4 is 17.5 Å². The topological polar surface area (TPSA) is 90.3 Å². The molecule has 2 aromatic carbocycles. The van der Waals surface area contributed by atoms with E-state index in [4.69, 9.17) is 9.47 Å². The largest absolute Gasteiger partial charge is 0.497 e. The lowest BCUT2D eigenvalue weighted by Gasteiger charge is -2.33. The predicted octanol–water partition coefficient (Wildman–Crippen LogP) is 3.08. The number of rotatable bonds is 5. The normalized spacial score (nSPS) is 17.8. The molecule has 2 N–H and O–H groups in total. The lowest BCUT2D eigenvalue weighted by atomic mass is 9.88. The number of benzene rings is 2. The van der Waals surface area contributed by atoms with Crippen molar-refractivity contribution in [3.05, 3.63) is 72.7 Å². The molecule has 1 amide bonds. The number of fused-ring (bicyclic) bond motifs is 1. The highest BCUT2D eigenvalue weighted by molar-refractivity contribution is 5.97. The fraction of sp³-hybridized carbons (Fsp3) is 0.190. The third-order valence-electron chi connectivity index (χ3n) is 4.89. The van der Waals surface area contributed by atoms with E-state index in [1.165, 1.54) is 6.33 Å². The third-order valence-corrected chi connectivity index (χ3v) is 4.89. The maximum atomic E-state index is 13.4. The first-order valence-corrected chi connectivity index (χ1v) is 9.05. The summed E-state index contributed by atoms with van der Waals surface area (Å²) in [5.74, 6) is 0.824. The van der Waals surface area contributed by atoms with Gasteiger partial charge in [0.15, 0.2) is 0 Å². The van der Waals surface area contributed by atoms with Gasteiger partial charge in [0.05, 0.1) is 25.9 Å². The van der Waals surface area contributed by atoms with Gasteiger partial charge in [-0.1, -0.05) is 36.9 Å². The quantitative estimate of drug-likeness (QED) is 0.695. The molecule has 29 heavy (non-hydrogen) atoms. The molecular weight excluding hydrogens is 370 g/mol. The van der Waals surface area contributed by atoms with Crippen LogP contribution in [0, 0.1) is 5.92 Å². The van der Waals surface area contributed by atoms with Gasteiger partial charge in [0.25, 0.3) is 0 Å². The molecule has 8 nitrogen and oxygen atoms in total. The van der Waals surface area contributed by atoms with Crippen LogP contribution in [0.3, 0.4) is 0 Å². The van der Waals surface area contributed by atoms with Crippen molar-refractivity contribution < 1.29 is 14.3 Å². The van der Waals surface area contributed by atoms with Gasteiger partial charge in [0.2, 0.25) is 11.9 Å². The summed E-state index contributed by atoms with van der Waals surface area (Å²) in [5, 5.41) is 10.4. The molecule has 148 valence electrons. The first kappa shape index (κ1) is 18.5. The molecule has 0 aliphatic carbocycles. The second-order valence-corrected chi connectivity index (χ2v) is 6.57. The van der Waals surface area contributed by atoms with E-state index in [0.717, 1.165) is 5.56 Å². The van der Waals surface area contributed by atoms with Crippen LogP contribution in [0.5, 0.6) is 11.5 Å². The van der Waals surface area contributed by atoms with Gasteiger partial charge in [-0.2, -0.15) is 10.1 Å². The number of hydrogen-bond donors (Lipinski definition) is 2. The van der Waals surface area contributed by atoms with E-state index in [9.17, 15) is 4.79 Å². The van der Waals surface area contributed by atoms with Gasteiger partial charge in [-0.3, -0.25) is 4.79 Å². The van der Waals surface area contributed by atoms with Crippen LogP contribution >= 0.6 is 0 Å². The van der Waals surface area contributed by atoms with E-state index in [1.54, 1.807) is 37.1 Å². The molecule has 2 heterocycles. The Bertz CT molecular complexity index is 1050. The maximum absolute atomic E-state index is 13.4. The van der Waals surface area contributed by atoms with Gasteiger partial charge in [-0.15, -0.1) is 0 Å². The summed E-state index contributed by atoms with van der Waals surface area (Å²) in [7, 11) is 3.12. The van der Waals surface area contributed by atoms with Crippen LogP contribution in [-0.2, 0) is 4.79 Å². The van der Waals surface area contributed by atoms with Crippen molar-refractivity contribution in [3.8, 4) is 11.5 Å². The van der Waals surface area contributed by atoms with Crippen molar-refractivity contribution in [2.75, 3.05) is 24.9 Å². The molecule has 3 aromatic rings. The van der Waals surface area contributed by atoms with Crippen molar-refractivity contribution in [3.63, 3.8) is 0 Å². The van der Waals surface area contributed by atoms with Crippen molar-refractivity contribution in [2.45, 2.75) is 6.04 Å². The van der Waals surface area contributed by atoms with Crippen LogP contribution in [0.2, 0.25) is 0 Å². The van der Waals surface area contributed by atoms with Gasteiger partial charge in [0, 0.05) is 11.8 Å². The van der Waals surface area contributed by atoms with Gasteiger partial charge in [0.1, 0.15) is 23.7 Å². The Kier molecular flexibility index (Phi) is 4.90. The number of aromatic nitrogens is 3. The summed E-state index contributed by atoms with van der Waals surface area (Å²) in [6, 6.07) is 14.5. The Morgan fingerprint density at radius 1 is 1.17 bits per heavy atom. The molecule has 1 aliphatic heterocycles. The van der Waals surface area contributed by atoms with Gasteiger partial charge >= 0.3 is 0 Å². The monoisotopic (exact) mass is 391 g/mol. The fourth-order valence-corrected chi connectivity index (χ4v) is 3.50. The zero-order chi connectivity index (χ0) is 20.4. The molecule has 1 aliphatic rings. The number of ether oxygens (including phenoxy) is 2. The molecule has 0 unspecified atom stereocenters. The maximum Gasteiger partial charge on any atom is 0.236 e. The SMILES string of the molecule is C=C1Nc2ncnn2[C@@H](c2ccccc2)[C@@H]1C(=O)Nc1cc(OC)ccc1OC. The Hall–Kier alpha value is -3.81. The smallest absolute Gasteiger partial charge is 0.236 e. The van der Waals surface area contributed by atoms with Crippen LogP contribution in [0.4, 0.5) is 11.6 Å². The molecule has 0 fully saturated rings. The molecule has 0 saturated carbocycles.